The van der Waals surface area contributed by atoms with E-state index in [-0.39, 0.29) is 5.91 Å². The SMILES string of the molecule is COc1cc(F)ccc1NC(=O)CCc1ccsc1. The molecular formula is C14H14FNO2S. The van der Waals surface area contributed by atoms with Crippen LogP contribution in [0.25, 0.3) is 0 Å². The lowest BCUT2D eigenvalue weighted by atomic mass is 10.2. The van der Waals surface area contributed by atoms with Crippen LogP contribution in [0.1, 0.15) is 12.0 Å². The molecule has 0 radical (unpaired) electrons. The number of ether oxygens (including phenoxy) is 1. The highest BCUT2D eigenvalue weighted by Gasteiger charge is 2.08. The van der Waals surface area contributed by atoms with E-state index >= 15 is 0 Å². The number of thiophene rings is 1. The smallest absolute Gasteiger partial charge is 0.224 e. The Morgan fingerprint density at radius 2 is 2.26 bits per heavy atom. The maximum absolute atomic E-state index is 13.0. The summed E-state index contributed by atoms with van der Waals surface area (Å²) in [7, 11) is 1.44. The summed E-state index contributed by atoms with van der Waals surface area (Å²) >= 11 is 1.61. The van der Waals surface area contributed by atoms with Crippen LogP contribution in [0.15, 0.2) is 35.0 Å². The topological polar surface area (TPSA) is 38.3 Å². The Balaban J connectivity index is 1.95. The molecule has 1 aromatic heterocycles. The second-order valence-corrected chi connectivity index (χ2v) is 4.80. The van der Waals surface area contributed by atoms with Crippen LogP contribution in [-0.4, -0.2) is 13.0 Å². The molecule has 1 amide bonds. The first-order valence-electron chi connectivity index (χ1n) is 5.83. The van der Waals surface area contributed by atoms with Crippen LogP contribution in [0.5, 0.6) is 5.75 Å². The molecule has 5 heteroatoms. The molecule has 2 rings (SSSR count). The van der Waals surface area contributed by atoms with Gasteiger partial charge in [-0.1, -0.05) is 0 Å². The van der Waals surface area contributed by atoms with Gasteiger partial charge < -0.3 is 10.1 Å². The predicted molar refractivity (Wildman–Crippen MR) is 74.2 cm³/mol. The Morgan fingerprint density at radius 3 is 2.95 bits per heavy atom. The van der Waals surface area contributed by atoms with Crippen molar-refractivity contribution in [2.45, 2.75) is 12.8 Å². The van der Waals surface area contributed by atoms with E-state index in [0.29, 0.717) is 24.3 Å². The Kier molecular flexibility index (Phi) is 4.52. The van der Waals surface area contributed by atoms with Gasteiger partial charge in [0.05, 0.1) is 12.8 Å². The van der Waals surface area contributed by atoms with Crippen molar-refractivity contribution in [3.05, 3.63) is 46.4 Å². The van der Waals surface area contributed by atoms with Gasteiger partial charge in [0.1, 0.15) is 11.6 Å². The van der Waals surface area contributed by atoms with E-state index in [1.54, 1.807) is 11.3 Å². The van der Waals surface area contributed by atoms with Crippen LogP contribution in [0.3, 0.4) is 0 Å². The predicted octanol–water partition coefficient (Wildman–Crippen LogP) is 3.47. The molecule has 1 heterocycles. The van der Waals surface area contributed by atoms with Crippen molar-refractivity contribution in [2.75, 3.05) is 12.4 Å². The first-order valence-corrected chi connectivity index (χ1v) is 6.78. The molecule has 0 spiro atoms. The first-order chi connectivity index (χ1) is 9.19. The number of halogens is 1. The lowest BCUT2D eigenvalue weighted by molar-refractivity contribution is -0.116. The van der Waals surface area contributed by atoms with Gasteiger partial charge in [-0.05, 0) is 40.9 Å². The third-order valence-corrected chi connectivity index (χ3v) is 3.39. The van der Waals surface area contributed by atoms with E-state index in [4.69, 9.17) is 4.74 Å². The summed E-state index contributed by atoms with van der Waals surface area (Å²) in [5.74, 6) is -0.187. The van der Waals surface area contributed by atoms with Gasteiger partial charge in [0.25, 0.3) is 0 Å². The second kappa shape index (κ2) is 6.33. The molecule has 19 heavy (non-hydrogen) atoms. The zero-order chi connectivity index (χ0) is 13.7. The molecule has 3 nitrogen and oxygen atoms in total. The van der Waals surface area contributed by atoms with Gasteiger partial charge in [0.2, 0.25) is 5.91 Å². The Bertz CT molecular complexity index is 555. The summed E-state index contributed by atoms with van der Waals surface area (Å²) in [5, 5.41) is 6.73. The number of hydrogen-bond acceptors (Lipinski definition) is 3. The number of methoxy groups -OCH3 is 1. The number of anilines is 1. The minimum Gasteiger partial charge on any atom is -0.494 e. The first kappa shape index (κ1) is 13.5. The summed E-state index contributed by atoms with van der Waals surface area (Å²) in [6.07, 6.45) is 1.08. The third-order valence-electron chi connectivity index (χ3n) is 2.66. The summed E-state index contributed by atoms with van der Waals surface area (Å²) in [4.78, 5) is 11.8. The molecule has 0 aliphatic rings. The number of carbonyl (C=O) groups is 1. The quantitative estimate of drug-likeness (QED) is 0.910. The van der Waals surface area contributed by atoms with Crippen molar-refractivity contribution in [3.63, 3.8) is 0 Å². The lowest BCUT2D eigenvalue weighted by Crippen LogP contribution is -2.13. The molecular weight excluding hydrogens is 265 g/mol. The summed E-state index contributed by atoms with van der Waals surface area (Å²) in [6, 6.07) is 6.03. The average molecular weight is 279 g/mol. The maximum atomic E-state index is 13.0. The molecule has 0 saturated carbocycles. The van der Waals surface area contributed by atoms with Crippen molar-refractivity contribution >= 4 is 22.9 Å². The average Bonchev–Trinajstić information content (AvgIpc) is 2.91. The zero-order valence-electron chi connectivity index (χ0n) is 10.5. The number of nitrogens with one attached hydrogen (secondary N) is 1. The number of amides is 1. The standard InChI is InChI=1S/C14H14FNO2S/c1-18-13-8-11(15)3-4-12(13)16-14(17)5-2-10-6-7-19-9-10/h3-4,6-9H,2,5H2,1H3,(H,16,17). The molecule has 0 fully saturated rings. The van der Waals surface area contributed by atoms with Gasteiger partial charge in [0.15, 0.2) is 0 Å². The largest absolute Gasteiger partial charge is 0.494 e. The minimum absolute atomic E-state index is 0.115. The third kappa shape index (κ3) is 3.79. The molecule has 100 valence electrons. The Labute approximate surface area is 115 Å². The fourth-order valence-electron chi connectivity index (χ4n) is 1.67. The highest BCUT2D eigenvalue weighted by molar-refractivity contribution is 7.07. The van der Waals surface area contributed by atoms with Gasteiger partial charge in [-0.3, -0.25) is 4.79 Å². The van der Waals surface area contributed by atoms with Crippen LogP contribution < -0.4 is 10.1 Å². The molecule has 2 aromatic rings. The molecule has 0 atom stereocenters. The fraction of sp³-hybridized carbons (Fsp3) is 0.214. The van der Waals surface area contributed by atoms with E-state index in [2.05, 4.69) is 5.32 Å². The summed E-state index contributed by atoms with van der Waals surface area (Å²) in [6.45, 7) is 0. The number of aryl methyl sites for hydroxylation is 1. The monoisotopic (exact) mass is 279 g/mol. The lowest BCUT2D eigenvalue weighted by Gasteiger charge is -2.09. The van der Waals surface area contributed by atoms with E-state index < -0.39 is 5.82 Å². The molecule has 0 unspecified atom stereocenters. The van der Waals surface area contributed by atoms with Gasteiger partial charge in [0, 0.05) is 12.5 Å². The van der Waals surface area contributed by atoms with Crippen LogP contribution in [-0.2, 0) is 11.2 Å². The zero-order valence-corrected chi connectivity index (χ0v) is 11.3. The van der Waals surface area contributed by atoms with Gasteiger partial charge >= 0.3 is 0 Å². The number of benzene rings is 1. The van der Waals surface area contributed by atoms with Gasteiger partial charge in [-0.25, -0.2) is 4.39 Å². The van der Waals surface area contributed by atoms with E-state index in [1.807, 2.05) is 16.8 Å². The number of carbonyl (C=O) groups excluding carboxylic acids is 1. The number of hydrogen-bond donors (Lipinski definition) is 1. The highest BCUT2D eigenvalue weighted by Crippen LogP contribution is 2.25. The summed E-state index contributed by atoms with van der Waals surface area (Å²) < 4.78 is 18.0. The molecule has 0 bridgehead atoms. The Morgan fingerprint density at radius 1 is 1.42 bits per heavy atom. The van der Waals surface area contributed by atoms with Crippen molar-refractivity contribution < 1.29 is 13.9 Å². The molecule has 0 saturated heterocycles. The molecule has 0 aliphatic carbocycles. The summed E-state index contributed by atoms with van der Waals surface area (Å²) in [5.41, 5.74) is 1.63. The van der Waals surface area contributed by atoms with Crippen LogP contribution in [0.4, 0.5) is 10.1 Å². The second-order valence-electron chi connectivity index (χ2n) is 4.02. The van der Waals surface area contributed by atoms with Crippen molar-refractivity contribution in [2.24, 2.45) is 0 Å². The van der Waals surface area contributed by atoms with Crippen molar-refractivity contribution in [3.8, 4) is 5.75 Å². The van der Waals surface area contributed by atoms with Gasteiger partial charge in [-0.2, -0.15) is 11.3 Å². The number of rotatable bonds is 5. The highest BCUT2D eigenvalue weighted by atomic mass is 32.1. The van der Waals surface area contributed by atoms with Crippen LogP contribution in [0.2, 0.25) is 0 Å². The Hall–Kier alpha value is -1.88. The van der Waals surface area contributed by atoms with E-state index in [9.17, 15) is 9.18 Å². The van der Waals surface area contributed by atoms with Gasteiger partial charge in [-0.15, -0.1) is 0 Å². The maximum Gasteiger partial charge on any atom is 0.224 e. The fourth-order valence-corrected chi connectivity index (χ4v) is 2.38. The van der Waals surface area contributed by atoms with Crippen LogP contribution >= 0.6 is 11.3 Å². The van der Waals surface area contributed by atoms with E-state index in [1.165, 1.54) is 25.3 Å². The molecule has 1 aromatic carbocycles. The normalized spacial score (nSPS) is 10.2. The van der Waals surface area contributed by atoms with Crippen LogP contribution in [0, 0.1) is 5.82 Å². The molecule has 0 aliphatic heterocycles. The van der Waals surface area contributed by atoms with E-state index in [0.717, 1.165) is 5.56 Å². The van der Waals surface area contributed by atoms with Crippen molar-refractivity contribution in [1.29, 1.82) is 0 Å². The molecule has 1 N–H and O–H groups in total. The minimum atomic E-state index is -0.395. The van der Waals surface area contributed by atoms with Crippen molar-refractivity contribution in [1.82, 2.24) is 0 Å².